The zero-order valence-electron chi connectivity index (χ0n) is 11.9. The topological polar surface area (TPSA) is 55.8 Å². The van der Waals surface area contributed by atoms with Crippen molar-refractivity contribution in [1.29, 1.82) is 0 Å². The van der Waals surface area contributed by atoms with Crippen molar-refractivity contribution in [1.82, 2.24) is 4.90 Å². The first-order valence-electron chi connectivity index (χ1n) is 7.27. The second kappa shape index (κ2) is 4.31. The van der Waals surface area contributed by atoms with Crippen LogP contribution in [0.5, 0.6) is 0 Å². The van der Waals surface area contributed by atoms with Crippen LogP contribution in [0.15, 0.2) is 34.9 Å². The lowest BCUT2D eigenvalue weighted by Gasteiger charge is -2.50. The summed E-state index contributed by atoms with van der Waals surface area (Å²) in [7, 11) is 1.68. The Balaban J connectivity index is 1.89. The second-order valence-electron chi connectivity index (χ2n) is 5.96. The Morgan fingerprint density at radius 2 is 2.29 bits per heavy atom. The number of amides is 1. The van der Waals surface area contributed by atoms with E-state index < -0.39 is 5.54 Å². The summed E-state index contributed by atoms with van der Waals surface area (Å²) in [5.74, 6) is -0.163. The Kier molecular flexibility index (Phi) is 2.63. The Labute approximate surface area is 122 Å². The number of hydrogen-bond donors (Lipinski definition) is 0. The monoisotopic (exact) mass is 287 g/mol. The van der Waals surface area contributed by atoms with E-state index in [9.17, 15) is 9.59 Å². The zero-order chi connectivity index (χ0) is 14.6. The lowest BCUT2D eigenvalue weighted by Crippen LogP contribution is -2.56. The van der Waals surface area contributed by atoms with Gasteiger partial charge in [-0.1, -0.05) is 12.2 Å². The van der Waals surface area contributed by atoms with Gasteiger partial charge in [0.25, 0.3) is 0 Å². The minimum atomic E-state index is -0.487. The smallest absolute Gasteiger partial charge is 0.310 e. The Morgan fingerprint density at radius 3 is 3.10 bits per heavy atom. The number of methoxy groups -OCH3 is 1. The van der Waals surface area contributed by atoms with E-state index in [-0.39, 0.29) is 24.4 Å². The van der Waals surface area contributed by atoms with Gasteiger partial charge in [-0.3, -0.25) is 9.59 Å². The predicted octanol–water partition coefficient (Wildman–Crippen LogP) is 1.12. The van der Waals surface area contributed by atoms with E-state index in [0.29, 0.717) is 19.6 Å². The van der Waals surface area contributed by atoms with Gasteiger partial charge in [-0.05, 0) is 23.1 Å². The molecule has 3 heterocycles. The van der Waals surface area contributed by atoms with Gasteiger partial charge in [0.2, 0.25) is 5.91 Å². The third-order valence-electron chi connectivity index (χ3n) is 5.06. The highest BCUT2D eigenvalue weighted by atomic mass is 16.5. The third kappa shape index (κ3) is 1.61. The maximum atomic E-state index is 12.4. The number of esters is 1. The number of carbonyl (C=O) groups is 2. The van der Waals surface area contributed by atoms with E-state index >= 15 is 0 Å². The SMILES string of the molecule is CO[C@H]1C=CC2=CC(=O)N3CCC4=C(CC(=O)OC4)[C@]23C1. The van der Waals surface area contributed by atoms with Crippen LogP contribution in [0.2, 0.25) is 0 Å². The molecule has 1 aliphatic carbocycles. The van der Waals surface area contributed by atoms with Crippen molar-refractivity contribution in [2.75, 3.05) is 20.3 Å². The molecule has 2 atom stereocenters. The molecule has 3 aliphatic heterocycles. The Hall–Kier alpha value is -1.88. The minimum Gasteiger partial charge on any atom is -0.461 e. The molecular formula is C16H17NO4. The molecule has 0 aromatic rings. The summed E-state index contributed by atoms with van der Waals surface area (Å²) in [5.41, 5.74) is 2.74. The van der Waals surface area contributed by atoms with Crippen LogP contribution < -0.4 is 0 Å². The average molecular weight is 287 g/mol. The average Bonchev–Trinajstić information content (AvgIpc) is 2.79. The number of rotatable bonds is 1. The van der Waals surface area contributed by atoms with Gasteiger partial charge in [-0.25, -0.2) is 0 Å². The van der Waals surface area contributed by atoms with E-state index in [1.165, 1.54) is 5.57 Å². The van der Waals surface area contributed by atoms with Crippen molar-refractivity contribution in [2.24, 2.45) is 0 Å². The van der Waals surface area contributed by atoms with Gasteiger partial charge in [0.15, 0.2) is 0 Å². The van der Waals surface area contributed by atoms with Gasteiger partial charge in [0.05, 0.1) is 18.1 Å². The molecule has 1 spiro atoms. The minimum absolute atomic E-state index is 0.0388. The molecule has 0 fully saturated rings. The van der Waals surface area contributed by atoms with Gasteiger partial charge < -0.3 is 14.4 Å². The molecule has 21 heavy (non-hydrogen) atoms. The molecule has 4 aliphatic rings. The van der Waals surface area contributed by atoms with Crippen molar-refractivity contribution in [3.63, 3.8) is 0 Å². The Bertz CT molecular complexity index is 630. The van der Waals surface area contributed by atoms with Crippen LogP contribution in [0.4, 0.5) is 0 Å². The van der Waals surface area contributed by atoms with E-state index in [2.05, 4.69) is 0 Å². The number of cyclic esters (lactones) is 1. The number of nitrogens with zero attached hydrogens (tertiary/aromatic N) is 1. The lowest BCUT2D eigenvalue weighted by molar-refractivity contribution is -0.144. The van der Waals surface area contributed by atoms with Gasteiger partial charge in [0.1, 0.15) is 6.61 Å². The lowest BCUT2D eigenvalue weighted by atomic mass is 9.69. The van der Waals surface area contributed by atoms with E-state index in [0.717, 1.165) is 17.6 Å². The van der Waals surface area contributed by atoms with Crippen molar-refractivity contribution < 1.29 is 19.1 Å². The molecule has 4 rings (SSSR count). The molecule has 1 amide bonds. The highest BCUT2D eigenvalue weighted by Crippen LogP contribution is 2.50. The highest BCUT2D eigenvalue weighted by Gasteiger charge is 2.55. The van der Waals surface area contributed by atoms with E-state index in [4.69, 9.17) is 9.47 Å². The molecule has 110 valence electrons. The van der Waals surface area contributed by atoms with Crippen LogP contribution in [0.3, 0.4) is 0 Å². The molecule has 0 bridgehead atoms. The maximum Gasteiger partial charge on any atom is 0.310 e. The summed E-state index contributed by atoms with van der Waals surface area (Å²) in [5, 5.41) is 0. The largest absolute Gasteiger partial charge is 0.461 e. The summed E-state index contributed by atoms with van der Waals surface area (Å²) < 4.78 is 10.7. The molecule has 0 aromatic carbocycles. The van der Waals surface area contributed by atoms with E-state index in [1.54, 1.807) is 13.2 Å². The van der Waals surface area contributed by atoms with Crippen LogP contribution >= 0.6 is 0 Å². The van der Waals surface area contributed by atoms with Crippen LogP contribution in [0.25, 0.3) is 0 Å². The van der Waals surface area contributed by atoms with Gasteiger partial charge in [-0.15, -0.1) is 0 Å². The molecule has 5 nitrogen and oxygen atoms in total. The number of ether oxygens (including phenoxy) is 2. The fourth-order valence-electron chi connectivity index (χ4n) is 4.07. The van der Waals surface area contributed by atoms with Crippen LogP contribution in [0.1, 0.15) is 19.3 Å². The predicted molar refractivity (Wildman–Crippen MR) is 74.3 cm³/mol. The molecule has 0 N–H and O–H groups in total. The van der Waals surface area contributed by atoms with Crippen LogP contribution in [0, 0.1) is 0 Å². The summed E-state index contributed by atoms with van der Waals surface area (Å²) in [4.78, 5) is 26.1. The van der Waals surface area contributed by atoms with Crippen molar-refractivity contribution in [2.45, 2.75) is 30.9 Å². The first-order valence-corrected chi connectivity index (χ1v) is 7.27. The molecular weight excluding hydrogens is 270 g/mol. The summed E-state index contributed by atoms with van der Waals surface area (Å²) in [6.45, 7) is 1.05. The molecule has 0 unspecified atom stereocenters. The van der Waals surface area contributed by atoms with Crippen LogP contribution in [-0.4, -0.2) is 48.7 Å². The van der Waals surface area contributed by atoms with Gasteiger partial charge >= 0.3 is 5.97 Å². The molecule has 0 radical (unpaired) electrons. The summed E-state index contributed by atoms with van der Waals surface area (Å²) in [6.07, 6.45) is 7.39. The third-order valence-corrected chi connectivity index (χ3v) is 5.06. The zero-order valence-corrected chi connectivity index (χ0v) is 11.9. The van der Waals surface area contributed by atoms with Gasteiger partial charge in [-0.2, -0.15) is 0 Å². The maximum absolute atomic E-state index is 12.4. The van der Waals surface area contributed by atoms with E-state index in [1.807, 2.05) is 17.1 Å². The number of carbonyl (C=O) groups excluding carboxylic acids is 2. The standard InChI is InChI=1S/C16H17NO4/c1-20-12-3-2-11-6-14(18)17-5-4-10-9-21-15(19)7-13(10)16(11,17)8-12/h2-3,6,12H,4-5,7-9H2,1H3/t12-,16-/m0/s1. The van der Waals surface area contributed by atoms with Crippen molar-refractivity contribution in [3.05, 3.63) is 34.9 Å². The van der Waals surface area contributed by atoms with Crippen molar-refractivity contribution in [3.8, 4) is 0 Å². The Morgan fingerprint density at radius 1 is 1.43 bits per heavy atom. The van der Waals surface area contributed by atoms with Gasteiger partial charge in [0, 0.05) is 26.2 Å². The quantitative estimate of drug-likeness (QED) is 0.535. The molecule has 0 saturated carbocycles. The fourth-order valence-corrected chi connectivity index (χ4v) is 4.07. The molecule has 0 aromatic heterocycles. The second-order valence-corrected chi connectivity index (χ2v) is 5.96. The first-order chi connectivity index (χ1) is 10.1. The normalized spacial score (nSPS) is 34.2. The molecule has 5 heteroatoms. The van der Waals surface area contributed by atoms with Crippen LogP contribution in [-0.2, 0) is 19.1 Å². The molecule has 0 saturated heterocycles. The summed E-state index contributed by atoms with van der Waals surface area (Å²) >= 11 is 0. The fraction of sp³-hybridized carbons (Fsp3) is 0.500. The highest BCUT2D eigenvalue weighted by molar-refractivity contribution is 5.96. The first kappa shape index (κ1) is 12.8. The summed E-state index contributed by atoms with van der Waals surface area (Å²) in [6, 6.07) is 0. The number of hydrogen-bond acceptors (Lipinski definition) is 4. The van der Waals surface area contributed by atoms with Crippen molar-refractivity contribution >= 4 is 11.9 Å².